The number of nitrogens with one attached hydrogen (secondary N) is 2. The van der Waals surface area contributed by atoms with E-state index >= 15 is 0 Å². The first-order valence-electron chi connectivity index (χ1n) is 7.20. The molecule has 2 N–H and O–H groups in total. The third-order valence-electron chi connectivity index (χ3n) is 3.28. The predicted octanol–water partition coefficient (Wildman–Crippen LogP) is 2.86. The summed E-state index contributed by atoms with van der Waals surface area (Å²) in [5, 5.41) is 5.19. The zero-order chi connectivity index (χ0) is 18.4. The van der Waals surface area contributed by atoms with Crippen molar-refractivity contribution in [3.8, 4) is 11.5 Å². The molecular weight excluding hydrogens is 351 g/mol. The van der Waals surface area contributed by atoms with E-state index in [1.807, 2.05) is 0 Å². The zero-order valence-corrected chi connectivity index (χ0v) is 14.3. The highest BCUT2D eigenvalue weighted by Gasteiger charge is 2.15. The third-order valence-corrected chi connectivity index (χ3v) is 3.57. The van der Waals surface area contributed by atoms with Gasteiger partial charge in [0.05, 0.1) is 37.0 Å². The van der Waals surface area contributed by atoms with Gasteiger partial charge in [0.1, 0.15) is 17.3 Å². The normalized spacial score (nSPS) is 10.1. The number of hydrogen-bond acceptors (Lipinski definition) is 4. The molecule has 2 aromatic carbocycles. The van der Waals surface area contributed by atoms with Crippen LogP contribution in [0.5, 0.6) is 11.5 Å². The number of hydrogen-bond donors (Lipinski definition) is 2. The minimum Gasteiger partial charge on any atom is -0.495 e. The lowest BCUT2D eigenvalue weighted by molar-refractivity contribution is -0.115. The van der Waals surface area contributed by atoms with E-state index in [9.17, 15) is 14.0 Å². The summed E-state index contributed by atoms with van der Waals surface area (Å²) in [5.41, 5.74) is 0.179. The molecule has 0 fully saturated rings. The van der Waals surface area contributed by atoms with Crippen LogP contribution in [0.4, 0.5) is 10.1 Å². The first-order valence-corrected chi connectivity index (χ1v) is 7.58. The molecule has 2 aromatic rings. The minimum atomic E-state index is -0.687. The molecule has 0 aliphatic heterocycles. The summed E-state index contributed by atoms with van der Waals surface area (Å²) >= 11 is 6.02. The number of halogens is 2. The van der Waals surface area contributed by atoms with Gasteiger partial charge in [-0.05, 0) is 18.2 Å². The maximum atomic E-state index is 13.5. The lowest BCUT2D eigenvalue weighted by atomic mass is 10.2. The Labute approximate surface area is 148 Å². The number of rotatable bonds is 6. The monoisotopic (exact) mass is 366 g/mol. The molecule has 0 bridgehead atoms. The predicted molar refractivity (Wildman–Crippen MR) is 91.9 cm³/mol. The molecule has 0 aromatic heterocycles. The van der Waals surface area contributed by atoms with Crippen LogP contribution in [0.3, 0.4) is 0 Å². The van der Waals surface area contributed by atoms with Crippen LogP contribution in [0.25, 0.3) is 0 Å². The number of methoxy groups -OCH3 is 2. The van der Waals surface area contributed by atoms with Crippen molar-refractivity contribution in [3.05, 3.63) is 52.8 Å². The van der Waals surface area contributed by atoms with Crippen molar-refractivity contribution in [1.29, 1.82) is 0 Å². The van der Waals surface area contributed by atoms with Gasteiger partial charge in [-0.25, -0.2) is 4.39 Å². The van der Waals surface area contributed by atoms with E-state index in [1.165, 1.54) is 50.6 Å². The van der Waals surface area contributed by atoms with Crippen molar-refractivity contribution >= 4 is 29.1 Å². The van der Waals surface area contributed by atoms with E-state index < -0.39 is 17.6 Å². The van der Waals surface area contributed by atoms with E-state index in [-0.39, 0.29) is 17.1 Å². The Kier molecular flexibility index (Phi) is 6.19. The fraction of sp³-hybridized carbons (Fsp3) is 0.176. The number of carbonyl (C=O) groups is 2. The van der Waals surface area contributed by atoms with Crippen LogP contribution < -0.4 is 20.1 Å². The van der Waals surface area contributed by atoms with Crippen molar-refractivity contribution in [3.63, 3.8) is 0 Å². The van der Waals surface area contributed by atoms with Crippen LogP contribution in [0.15, 0.2) is 36.4 Å². The smallest absolute Gasteiger partial charge is 0.254 e. The quantitative estimate of drug-likeness (QED) is 0.824. The van der Waals surface area contributed by atoms with Crippen molar-refractivity contribution in [1.82, 2.24) is 5.32 Å². The van der Waals surface area contributed by atoms with Gasteiger partial charge in [0, 0.05) is 6.07 Å². The Morgan fingerprint density at radius 2 is 1.80 bits per heavy atom. The molecule has 2 amide bonds. The van der Waals surface area contributed by atoms with Gasteiger partial charge in [-0.2, -0.15) is 0 Å². The number of benzene rings is 2. The zero-order valence-electron chi connectivity index (χ0n) is 13.6. The lowest BCUT2D eigenvalue weighted by Gasteiger charge is -2.13. The summed E-state index contributed by atoms with van der Waals surface area (Å²) in [5.74, 6) is -1.14. The maximum Gasteiger partial charge on any atom is 0.254 e. The van der Waals surface area contributed by atoms with Gasteiger partial charge >= 0.3 is 0 Å². The highest BCUT2D eigenvalue weighted by Crippen LogP contribution is 2.35. The van der Waals surface area contributed by atoms with Crippen molar-refractivity contribution in [2.24, 2.45) is 0 Å². The first kappa shape index (κ1) is 18.5. The van der Waals surface area contributed by atoms with Crippen LogP contribution in [0.1, 0.15) is 10.4 Å². The molecule has 2 rings (SSSR count). The van der Waals surface area contributed by atoms with Crippen LogP contribution >= 0.6 is 11.6 Å². The molecule has 0 atom stereocenters. The summed E-state index contributed by atoms with van der Waals surface area (Å²) in [4.78, 5) is 23.9. The van der Waals surface area contributed by atoms with Gasteiger partial charge in [-0.1, -0.05) is 23.7 Å². The van der Waals surface area contributed by atoms with Crippen LogP contribution in [-0.2, 0) is 4.79 Å². The first-order chi connectivity index (χ1) is 12.0. The Balaban J connectivity index is 2.02. The van der Waals surface area contributed by atoms with E-state index in [1.54, 1.807) is 0 Å². The number of carbonyl (C=O) groups excluding carboxylic acids is 2. The van der Waals surface area contributed by atoms with Gasteiger partial charge in [-0.3, -0.25) is 9.59 Å². The highest BCUT2D eigenvalue weighted by molar-refractivity contribution is 6.32. The van der Waals surface area contributed by atoms with Crippen molar-refractivity contribution in [2.45, 2.75) is 0 Å². The van der Waals surface area contributed by atoms with E-state index in [0.29, 0.717) is 17.2 Å². The van der Waals surface area contributed by atoms with Crippen molar-refractivity contribution in [2.75, 3.05) is 26.1 Å². The fourth-order valence-electron chi connectivity index (χ4n) is 2.05. The number of ether oxygens (including phenoxy) is 2. The Hall–Kier alpha value is -2.80. The number of anilines is 1. The summed E-state index contributed by atoms with van der Waals surface area (Å²) in [6, 6.07) is 8.49. The molecule has 6 nitrogen and oxygen atoms in total. The SMILES string of the molecule is COc1cc(OC)c(NC(=O)CNC(=O)c2ccccc2F)cc1Cl. The highest BCUT2D eigenvalue weighted by atomic mass is 35.5. The molecule has 0 spiro atoms. The summed E-state index contributed by atoms with van der Waals surface area (Å²) in [6.07, 6.45) is 0. The fourth-order valence-corrected chi connectivity index (χ4v) is 2.29. The van der Waals surface area contributed by atoms with Crippen molar-refractivity contribution < 1.29 is 23.5 Å². The second-order valence-corrected chi connectivity index (χ2v) is 5.30. The topological polar surface area (TPSA) is 76.7 Å². The summed E-state index contributed by atoms with van der Waals surface area (Å²) in [6.45, 7) is -0.347. The molecule has 0 aliphatic rings. The average Bonchev–Trinajstić information content (AvgIpc) is 2.60. The molecule has 0 saturated heterocycles. The molecule has 0 heterocycles. The summed E-state index contributed by atoms with van der Waals surface area (Å²) < 4.78 is 23.8. The second-order valence-electron chi connectivity index (χ2n) is 4.90. The molecule has 0 aliphatic carbocycles. The molecule has 0 unspecified atom stereocenters. The molecule has 0 radical (unpaired) electrons. The third kappa shape index (κ3) is 4.60. The largest absolute Gasteiger partial charge is 0.495 e. The minimum absolute atomic E-state index is 0.139. The Bertz CT molecular complexity index is 798. The Morgan fingerprint density at radius 1 is 1.12 bits per heavy atom. The standard InChI is InChI=1S/C17H16ClFN2O4/c1-24-14-8-15(25-2)13(7-11(14)18)21-16(22)9-20-17(23)10-5-3-4-6-12(10)19/h3-8H,9H2,1-2H3,(H,20,23)(H,21,22). The van der Waals surface area contributed by atoms with Crippen LogP contribution in [0, 0.1) is 5.82 Å². The van der Waals surface area contributed by atoms with E-state index in [4.69, 9.17) is 21.1 Å². The molecule has 8 heteroatoms. The van der Waals surface area contributed by atoms with E-state index in [2.05, 4.69) is 10.6 Å². The van der Waals surface area contributed by atoms with Crippen LogP contribution in [0.2, 0.25) is 5.02 Å². The lowest BCUT2D eigenvalue weighted by Crippen LogP contribution is -2.33. The van der Waals surface area contributed by atoms with Gasteiger partial charge in [-0.15, -0.1) is 0 Å². The Morgan fingerprint density at radius 3 is 2.44 bits per heavy atom. The molecule has 132 valence electrons. The summed E-state index contributed by atoms with van der Waals surface area (Å²) in [7, 11) is 2.88. The van der Waals surface area contributed by atoms with Gasteiger partial charge < -0.3 is 20.1 Å². The van der Waals surface area contributed by atoms with Gasteiger partial charge in [0.15, 0.2) is 0 Å². The van der Waals surface area contributed by atoms with Gasteiger partial charge in [0.2, 0.25) is 5.91 Å². The number of amides is 2. The molecular formula is C17H16ClFN2O4. The van der Waals surface area contributed by atoms with Crippen LogP contribution in [-0.4, -0.2) is 32.6 Å². The molecule has 25 heavy (non-hydrogen) atoms. The maximum absolute atomic E-state index is 13.5. The van der Waals surface area contributed by atoms with E-state index in [0.717, 1.165) is 0 Å². The average molecular weight is 367 g/mol. The second kappa shape index (κ2) is 8.34. The van der Waals surface area contributed by atoms with Gasteiger partial charge in [0.25, 0.3) is 5.91 Å². The molecule has 0 saturated carbocycles.